The molecule has 0 radical (unpaired) electrons. The van der Waals surface area contributed by atoms with Gasteiger partial charge in [-0.15, -0.1) is 0 Å². The molecule has 6 nitrogen and oxygen atoms in total. The summed E-state index contributed by atoms with van der Waals surface area (Å²) in [5, 5.41) is 6.33. The van der Waals surface area contributed by atoms with Gasteiger partial charge in [0.25, 0.3) is 5.91 Å². The molecular weight excluding hydrogens is 280 g/mol. The molecule has 0 atom stereocenters. The van der Waals surface area contributed by atoms with E-state index in [1.807, 2.05) is 32.2 Å². The summed E-state index contributed by atoms with van der Waals surface area (Å²) in [7, 11) is 0. The van der Waals surface area contributed by atoms with Crippen molar-refractivity contribution in [3.8, 4) is 5.75 Å². The first-order chi connectivity index (χ1) is 10.7. The van der Waals surface area contributed by atoms with E-state index in [-0.39, 0.29) is 5.91 Å². The van der Waals surface area contributed by atoms with Crippen LogP contribution in [0.5, 0.6) is 5.75 Å². The van der Waals surface area contributed by atoms with Gasteiger partial charge in [-0.1, -0.05) is 0 Å². The van der Waals surface area contributed by atoms with Crippen LogP contribution in [0.1, 0.15) is 35.9 Å². The number of aromatic nitrogens is 2. The summed E-state index contributed by atoms with van der Waals surface area (Å²) in [5.74, 6) is 0.596. The van der Waals surface area contributed by atoms with Crippen LogP contribution in [-0.4, -0.2) is 41.0 Å². The summed E-state index contributed by atoms with van der Waals surface area (Å²) in [6, 6.07) is 4.39. The monoisotopic (exact) mass is 302 g/mol. The van der Waals surface area contributed by atoms with Crippen LogP contribution in [0.2, 0.25) is 0 Å². The fourth-order valence-corrected chi connectivity index (χ4v) is 2.52. The molecule has 1 aliphatic carbocycles. The molecule has 2 N–H and O–H groups in total. The van der Waals surface area contributed by atoms with Gasteiger partial charge < -0.3 is 15.4 Å². The SMILES string of the molecule is CCOc1cccn2c(C(=O)NCCNC3CC3)c(C)nc12. The average Bonchev–Trinajstić information content (AvgIpc) is 3.25. The van der Waals surface area contributed by atoms with Gasteiger partial charge in [0.1, 0.15) is 5.69 Å². The van der Waals surface area contributed by atoms with Crippen LogP contribution in [0, 0.1) is 6.92 Å². The van der Waals surface area contributed by atoms with Crippen LogP contribution in [0.15, 0.2) is 18.3 Å². The summed E-state index contributed by atoms with van der Waals surface area (Å²) in [5.41, 5.74) is 1.96. The van der Waals surface area contributed by atoms with Gasteiger partial charge in [0.15, 0.2) is 11.4 Å². The number of amides is 1. The van der Waals surface area contributed by atoms with Crippen LogP contribution in [0.4, 0.5) is 0 Å². The van der Waals surface area contributed by atoms with E-state index in [1.54, 1.807) is 4.40 Å². The highest BCUT2D eigenvalue weighted by Gasteiger charge is 2.21. The largest absolute Gasteiger partial charge is 0.490 e. The smallest absolute Gasteiger partial charge is 0.270 e. The van der Waals surface area contributed by atoms with Gasteiger partial charge in [-0.3, -0.25) is 9.20 Å². The van der Waals surface area contributed by atoms with Crippen molar-refractivity contribution in [2.75, 3.05) is 19.7 Å². The number of hydrogen-bond acceptors (Lipinski definition) is 4. The Hall–Kier alpha value is -2.08. The van der Waals surface area contributed by atoms with Gasteiger partial charge in [-0.2, -0.15) is 0 Å². The zero-order valence-corrected chi connectivity index (χ0v) is 13.1. The first-order valence-corrected chi connectivity index (χ1v) is 7.82. The molecule has 0 unspecified atom stereocenters. The molecule has 1 amide bonds. The Morgan fingerprint density at radius 1 is 1.45 bits per heavy atom. The van der Waals surface area contributed by atoms with E-state index >= 15 is 0 Å². The molecule has 0 bridgehead atoms. The minimum absolute atomic E-state index is 0.101. The molecular formula is C16H22N4O2. The van der Waals surface area contributed by atoms with Gasteiger partial charge in [0.2, 0.25) is 0 Å². The van der Waals surface area contributed by atoms with Gasteiger partial charge in [0, 0.05) is 25.3 Å². The van der Waals surface area contributed by atoms with E-state index in [9.17, 15) is 4.79 Å². The molecule has 118 valence electrons. The lowest BCUT2D eigenvalue weighted by Crippen LogP contribution is -2.33. The van der Waals surface area contributed by atoms with Crippen molar-refractivity contribution in [1.82, 2.24) is 20.0 Å². The lowest BCUT2D eigenvalue weighted by Gasteiger charge is -2.08. The maximum Gasteiger partial charge on any atom is 0.270 e. The summed E-state index contributed by atoms with van der Waals surface area (Å²) in [4.78, 5) is 16.9. The number of pyridine rings is 1. The van der Waals surface area contributed by atoms with Crippen molar-refractivity contribution < 1.29 is 9.53 Å². The number of rotatable bonds is 7. The lowest BCUT2D eigenvalue weighted by atomic mass is 10.3. The van der Waals surface area contributed by atoms with Crippen molar-refractivity contribution in [3.05, 3.63) is 29.7 Å². The van der Waals surface area contributed by atoms with Gasteiger partial charge >= 0.3 is 0 Å². The van der Waals surface area contributed by atoms with E-state index in [2.05, 4.69) is 15.6 Å². The highest BCUT2D eigenvalue weighted by Crippen LogP contribution is 2.22. The van der Waals surface area contributed by atoms with Crippen LogP contribution in [0.3, 0.4) is 0 Å². The maximum absolute atomic E-state index is 12.4. The number of ether oxygens (including phenoxy) is 1. The maximum atomic E-state index is 12.4. The zero-order valence-electron chi connectivity index (χ0n) is 13.1. The molecule has 6 heteroatoms. The van der Waals surface area contributed by atoms with Gasteiger partial charge in [0.05, 0.1) is 12.3 Å². The molecule has 0 saturated heterocycles. The third-order valence-electron chi connectivity index (χ3n) is 3.72. The molecule has 22 heavy (non-hydrogen) atoms. The highest BCUT2D eigenvalue weighted by atomic mass is 16.5. The number of carbonyl (C=O) groups excluding carboxylic acids is 1. The summed E-state index contributed by atoms with van der Waals surface area (Å²) < 4.78 is 7.37. The molecule has 0 spiro atoms. The predicted octanol–water partition coefficient (Wildman–Crippen LogP) is 1.52. The third kappa shape index (κ3) is 3.06. The standard InChI is InChI=1S/C16H22N4O2/c1-3-22-13-5-4-10-20-14(11(2)19-15(13)20)16(21)18-9-8-17-12-6-7-12/h4-5,10,12,17H,3,6-9H2,1-2H3,(H,18,21). The van der Waals surface area contributed by atoms with Crippen LogP contribution in [0.25, 0.3) is 5.65 Å². The van der Waals surface area contributed by atoms with E-state index in [1.165, 1.54) is 12.8 Å². The van der Waals surface area contributed by atoms with Crippen molar-refractivity contribution >= 4 is 11.6 Å². The first kappa shape index (κ1) is 14.8. The zero-order chi connectivity index (χ0) is 15.5. The molecule has 3 rings (SSSR count). The van der Waals surface area contributed by atoms with Crippen LogP contribution >= 0.6 is 0 Å². The van der Waals surface area contributed by atoms with Gasteiger partial charge in [-0.05, 0) is 38.8 Å². The summed E-state index contributed by atoms with van der Waals surface area (Å²) >= 11 is 0. The topological polar surface area (TPSA) is 67.7 Å². The summed E-state index contributed by atoms with van der Waals surface area (Å²) in [6.07, 6.45) is 4.34. The Morgan fingerprint density at radius 3 is 3.00 bits per heavy atom. The Balaban J connectivity index is 1.75. The molecule has 1 aliphatic rings. The quantitative estimate of drug-likeness (QED) is 0.761. The fourth-order valence-electron chi connectivity index (χ4n) is 2.52. The highest BCUT2D eigenvalue weighted by molar-refractivity contribution is 5.94. The first-order valence-electron chi connectivity index (χ1n) is 7.82. The predicted molar refractivity (Wildman–Crippen MR) is 84.5 cm³/mol. The number of nitrogens with one attached hydrogen (secondary N) is 2. The minimum Gasteiger partial charge on any atom is -0.490 e. The number of aryl methyl sites for hydroxylation is 1. The van der Waals surface area contributed by atoms with Crippen molar-refractivity contribution in [2.24, 2.45) is 0 Å². The van der Waals surface area contributed by atoms with E-state index < -0.39 is 0 Å². The molecule has 2 aromatic rings. The van der Waals surface area contributed by atoms with Crippen molar-refractivity contribution in [2.45, 2.75) is 32.7 Å². The second-order valence-electron chi connectivity index (χ2n) is 5.53. The second kappa shape index (κ2) is 6.36. The molecule has 1 fully saturated rings. The molecule has 1 saturated carbocycles. The van der Waals surface area contributed by atoms with Crippen LogP contribution < -0.4 is 15.4 Å². The summed E-state index contributed by atoms with van der Waals surface area (Å²) in [6.45, 7) is 5.77. The Kier molecular flexibility index (Phi) is 4.29. The van der Waals surface area contributed by atoms with Gasteiger partial charge in [-0.25, -0.2) is 4.98 Å². The molecule has 0 aliphatic heterocycles. The number of hydrogen-bond donors (Lipinski definition) is 2. The Morgan fingerprint density at radius 2 is 2.27 bits per heavy atom. The lowest BCUT2D eigenvalue weighted by molar-refractivity contribution is 0.0947. The van der Waals surface area contributed by atoms with Crippen molar-refractivity contribution in [3.63, 3.8) is 0 Å². The number of nitrogens with zero attached hydrogens (tertiary/aromatic N) is 2. The fraction of sp³-hybridized carbons (Fsp3) is 0.500. The molecule has 2 aromatic heterocycles. The normalized spacial score (nSPS) is 14.3. The average molecular weight is 302 g/mol. The van der Waals surface area contributed by atoms with E-state index in [0.29, 0.717) is 42.0 Å². The van der Waals surface area contributed by atoms with Crippen molar-refractivity contribution in [1.29, 1.82) is 0 Å². The minimum atomic E-state index is -0.101. The molecule has 2 heterocycles. The van der Waals surface area contributed by atoms with Crippen LogP contribution in [-0.2, 0) is 0 Å². The Labute approximate surface area is 129 Å². The third-order valence-corrected chi connectivity index (χ3v) is 3.72. The Bertz CT molecular complexity index is 676. The number of imidazole rings is 1. The second-order valence-corrected chi connectivity index (χ2v) is 5.53. The van der Waals surface area contributed by atoms with E-state index in [4.69, 9.17) is 4.74 Å². The van der Waals surface area contributed by atoms with E-state index in [0.717, 1.165) is 6.54 Å². The number of carbonyl (C=O) groups is 1. The number of fused-ring (bicyclic) bond motifs is 1. The molecule has 0 aromatic carbocycles.